The highest BCUT2D eigenvalue weighted by atomic mass is 15.2. The van der Waals surface area contributed by atoms with Crippen molar-refractivity contribution in [3.63, 3.8) is 0 Å². The third-order valence-corrected chi connectivity index (χ3v) is 3.15. The van der Waals surface area contributed by atoms with Gasteiger partial charge in [0.15, 0.2) is 5.96 Å². The maximum atomic E-state index is 4.15. The molecule has 2 rings (SSSR count). The van der Waals surface area contributed by atoms with Crippen LogP contribution in [0.2, 0.25) is 0 Å². The van der Waals surface area contributed by atoms with E-state index in [0.717, 1.165) is 18.8 Å². The smallest absolute Gasteiger partial charge is 0.190 e. The number of guanidine groups is 1. The average molecular weight is 217 g/mol. The highest BCUT2D eigenvalue weighted by Gasteiger charge is 2.18. The number of fused-ring (bicyclic) bond motifs is 1. The van der Waals surface area contributed by atoms with Crippen LogP contribution in [0.15, 0.2) is 29.3 Å². The van der Waals surface area contributed by atoms with Crippen LogP contribution in [0, 0.1) is 0 Å². The number of aliphatic imine (C=N–C) groups is 1. The molecule has 0 heterocycles. The minimum Gasteiger partial charge on any atom is -0.359 e. The van der Waals surface area contributed by atoms with Gasteiger partial charge in [-0.05, 0) is 30.4 Å². The second-order valence-corrected chi connectivity index (χ2v) is 4.17. The Bertz CT molecular complexity index is 385. The molecule has 3 heteroatoms. The van der Waals surface area contributed by atoms with Crippen molar-refractivity contribution in [3.8, 4) is 0 Å². The molecule has 0 saturated carbocycles. The largest absolute Gasteiger partial charge is 0.359 e. The Morgan fingerprint density at radius 1 is 1.31 bits per heavy atom. The van der Waals surface area contributed by atoms with Crippen LogP contribution in [-0.4, -0.2) is 26.1 Å². The molecular weight excluding hydrogens is 198 g/mol. The van der Waals surface area contributed by atoms with Gasteiger partial charge in [-0.2, -0.15) is 0 Å². The number of hydrogen-bond donors (Lipinski definition) is 2. The fourth-order valence-electron chi connectivity index (χ4n) is 2.26. The van der Waals surface area contributed by atoms with E-state index in [0.29, 0.717) is 6.04 Å². The third kappa shape index (κ3) is 2.35. The van der Waals surface area contributed by atoms with Gasteiger partial charge in [-0.15, -0.1) is 0 Å². The molecule has 1 atom stereocenters. The number of nitrogens with zero attached hydrogens (tertiary/aromatic N) is 1. The molecule has 0 saturated heterocycles. The quantitative estimate of drug-likeness (QED) is 0.550. The van der Waals surface area contributed by atoms with Gasteiger partial charge in [0.05, 0.1) is 0 Å². The van der Waals surface area contributed by atoms with Crippen molar-refractivity contribution in [2.75, 3.05) is 14.1 Å². The molecule has 1 unspecified atom stereocenters. The monoisotopic (exact) mass is 217 g/mol. The van der Waals surface area contributed by atoms with Crippen molar-refractivity contribution in [3.05, 3.63) is 35.4 Å². The summed E-state index contributed by atoms with van der Waals surface area (Å²) in [6, 6.07) is 9.21. The first kappa shape index (κ1) is 11.0. The average Bonchev–Trinajstić information content (AvgIpc) is 2.35. The Morgan fingerprint density at radius 3 is 2.75 bits per heavy atom. The van der Waals surface area contributed by atoms with E-state index in [4.69, 9.17) is 0 Å². The van der Waals surface area contributed by atoms with Crippen molar-refractivity contribution in [1.82, 2.24) is 10.6 Å². The summed E-state index contributed by atoms with van der Waals surface area (Å²) in [5.74, 6) is 0.879. The van der Waals surface area contributed by atoms with E-state index in [1.807, 2.05) is 7.05 Å². The molecule has 86 valence electrons. The normalized spacial score (nSPS) is 20.1. The van der Waals surface area contributed by atoms with Gasteiger partial charge in [-0.1, -0.05) is 24.3 Å². The fraction of sp³-hybridized carbons (Fsp3) is 0.462. The molecule has 16 heavy (non-hydrogen) atoms. The molecule has 1 aliphatic carbocycles. The second kappa shape index (κ2) is 5.01. The summed E-state index contributed by atoms with van der Waals surface area (Å²) < 4.78 is 0. The number of rotatable bonds is 1. The van der Waals surface area contributed by atoms with E-state index in [-0.39, 0.29) is 0 Å². The Hall–Kier alpha value is -1.51. The topological polar surface area (TPSA) is 36.4 Å². The Balaban J connectivity index is 2.03. The standard InChI is InChI=1S/C13H19N3/c1-14-13(15-2)16-12-8-7-10-5-3-4-6-11(10)9-12/h3-6,12H,7-9H2,1-2H3,(H2,14,15,16). The van der Waals surface area contributed by atoms with Gasteiger partial charge in [0.1, 0.15) is 0 Å². The van der Waals surface area contributed by atoms with Crippen molar-refractivity contribution in [2.45, 2.75) is 25.3 Å². The van der Waals surface area contributed by atoms with Crippen molar-refractivity contribution >= 4 is 5.96 Å². The predicted molar refractivity (Wildman–Crippen MR) is 67.8 cm³/mol. The fourth-order valence-corrected chi connectivity index (χ4v) is 2.26. The molecule has 0 fully saturated rings. The zero-order valence-electron chi connectivity index (χ0n) is 9.96. The lowest BCUT2D eigenvalue weighted by atomic mass is 9.88. The van der Waals surface area contributed by atoms with Crippen molar-refractivity contribution in [2.24, 2.45) is 4.99 Å². The predicted octanol–water partition coefficient (Wildman–Crippen LogP) is 1.34. The zero-order valence-corrected chi connectivity index (χ0v) is 9.96. The van der Waals surface area contributed by atoms with Crippen LogP contribution in [-0.2, 0) is 12.8 Å². The summed E-state index contributed by atoms with van der Waals surface area (Å²) in [6.07, 6.45) is 3.43. The van der Waals surface area contributed by atoms with Crippen LogP contribution in [0.5, 0.6) is 0 Å². The van der Waals surface area contributed by atoms with E-state index in [9.17, 15) is 0 Å². The first-order valence-corrected chi connectivity index (χ1v) is 5.81. The molecule has 0 amide bonds. The van der Waals surface area contributed by atoms with Gasteiger partial charge in [0.2, 0.25) is 0 Å². The van der Waals surface area contributed by atoms with Gasteiger partial charge in [0.25, 0.3) is 0 Å². The molecule has 0 radical (unpaired) electrons. The highest BCUT2D eigenvalue weighted by molar-refractivity contribution is 5.79. The molecule has 0 aromatic heterocycles. The zero-order chi connectivity index (χ0) is 11.4. The molecule has 3 nitrogen and oxygen atoms in total. The van der Waals surface area contributed by atoms with E-state index in [2.05, 4.69) is 39.9 Å². The van der Waals surface area contributed by atoms with Gasteiger partial charge >= 0.3 is 0 Å². The molecule has 1 aromatic rings. The Kier molecular flexibility index (Phi) is 3.44. The van der Waals surface area contributed by atoms with E-state index < -0.39 is 0 Å². The summed E-state index contributed by atoms with van der Waals surface area (Å²) >= 11 is 0. The van der Waals surface area contributed by atoms with E-state index in [1.54, 1.807) is 7.05 Å². The maximum absolute atomic E-state index is 4.15. The second-order valence-electron chi connectivity index (χ2n) is 4.17. The van der Waals surface area contributed by atoms with Gasteiger partial charge < -0.3 is 10.6 Å². The minimum absolute atomic E-state index is 0.501. The lowest BCUT2D eigenvalue weighted by Gasteiger charge is -2.26. The van der Waals surface area contributed by atoms with Gasteiger partial charge in [-0.3, -0.25) is 4.99 Å². The lowest BCUT2D eigenvalue weighted by Crippen LogP contribution is -2.44. The summed E-state index contributed by atoms with van der Waals surface area (Å²) in [6.45, 7) is 0. The summed E-state index contributed by atoms with van der Waals surface area (Å²) in [5, 5.41) is 6.50. The third-order valence-electron chi connectivity index (χ3n) is 3.15. The number of nitrogens with one attached hydrogen (secondary N) is 2. The molecule has 1 aromatic carbocycles. The van der Waals surface area contributed by atoms with Gasteiger partial charge in [0, 0.05) is 20.1 Å². The van der Waals surface area contributed by atoms with Crippen LogP contribution in [0.3, 0.4) is 0 Å². The Labute approximate surface area is 97.0 Å². The van der Waals surface area contributed by atoms with Crippen LogP contribution in [0.4, 0.5) is 0 Å². The first-order chi connectivity index (χ1) is 7.83. The van der Waals surface area contributed by atoms with Gasteiger partial charge in [-0.25, -0.2) is 0 Å². The summed E-state index contributed by atoms with van der Waals surface area (Å²) in [5.41, 5.74) is 2.97. The molecule has 0 spiro atoms. The SMILES string of the molecule is CN=C(NC)NC1CCc2ccccc2C1. The van der Waals surface area contributed by atoms with Crippen LogP contribution >= 0.6 is 0 Å². The van der Waals surface area contributed by atoms with Crippen molar-refractivity contribution in [1.29, 1.82) is 0 Å². The molecule has 0 aliphatic heterocycles. The first-order valence-electron chi connectivity index (χ1n) is 5.81. The van der Waals surface area contributed by atoms with Crippen LogP contribution in [0.1, 0.15) is 17.5 Å². The number of aryl methyl sites for hydroxylation is 1. The number of benzene rings is 1. The number of hydrogen-bond acceptors (Lipinski definition) is 1. The molecule has 1 aliphatic rings. The van der Waals surface area contributed by atoms with E-state index in [1.165, 1.54) is 17.5 Å². The lowest BCUT2D eigenvalue weighted by molar-refractivity contribution is 0.523. The van der Waals surface area contributed by atoms with Crippen LogP contribution < -0.4 is 10.6 Å². The minimum atomic E-state index is 0.501. The van der Waals surface area contributed by atoms with Crippen LogP contribution in [0.25, 0.3) is 0 Å². The van der Waals surface area contributed by atoms with E-state index >= 15 is 0 Å². The maximum Gasteiger partial charge on any atom is 0.190 e. The van der Waals surface area contributed by atoms with Crippen molar-refractivity contribution < 1.29 is 0 Å². The summed E-state index contributed by atoms with van der Waals surface area (Å²) in [7, 11) is 3.70. The molecule has 0 bridgehead atoms. The highest BCUT2D eigenvalue weighted by Crippen LogP contribution is 2.20. The molecule has 2 N–H and O–H groups in total. The summed E-state index contributed by atoms with van der Waals surface area (Å²) in [4.78, 5) is 4.15. The Morgan fingerprint density at radius 2 is 2.06 bits per heavy atom. The molecular formula is C13H19N3.